The van der Waals surface area contributed by atoms with Gasteiger partial charge < -0.3 is 19.5 Å². The standard InChI is InChI=1S/C18H27N5O2S/c1-14(17-19-9-11-26-17)13-23(4)18(21-12-16(24)22(2)3)20-8-7-15-6-5-10-25-15/h5-6,9-11,14H,7-8,12-13H2,1-4H3,(H,20,21). The van der Waals surface area contributed by atoms with Crippen LogP contribution < -0.4 is 5.32 Å². The fourth-order valence-electron chi connectivity index (χ4n) is 2.40. The number of carbonyl (C=O) groups is 1. The van der Waals surface area contributed by atoms with Crippen LogP contribution in [0.4, 0.5) is 0 Å². The van der Waals surface area contributed by atoms with Crippen molar-refractivity contribution in [2.45, 2.75) is 19.3 Å². The highest BCUT2D eigenvalue weighted by atomic mass is 32.1. The van der Waals surface area contributed by atoms with E-state index in [1.807, 2.05) is 35.7 Å². The molecule has 0 aliphatic heterocycles. The maximum atomic E-state index is 11.9. The van der Waals surface area contributed by atoms with Gasteiger partial charge in [-0.05, 0) is 12.1 Å². The summed E-state index contributed by atoms with van der Waals surface area (Å²) < 4.78 is 5.36. The van der Waals surface area contributed by atoms with Gasteiger partial charge in [0.1, 0.15) is 12.3 Å². The first-order chi connectivity index (χ1) is 12.5. The summed E-state index contributed by atoms with van der Waals surface area (Å²) in [5.74, 6) is 1.87. The zero-order chi connectivity index (χ0) is 18.9. The lowest BCUT2D eigenvalue weighted by atomic mass is 10.2. The highest BCUT2D eigenvalue weighted by Crippen LogP contribution is 2.18. The number of aliphatic imine (C=N–C) groups is 1. The zero-order valence-corrected chi connectivity index (χ0v) is 16.6. The Hall–Kier alpha value is -2.35. The Bertz CT molecular complexity index is 683. The molecule has 0 radical (unpaired) electrons. The molecule has 2 heterocycles. The number of hydrogen-bond acceptors (Lipinski definition) is 5. The number of amides is 1. The van der Waals surface area contributed by atoms with Gasteiger partial charge in [-0.25, -0.2) is 9.98 Å². The van der Waals surface area contributed by atoms with Gasteiger partial charge in [-0.3, -0.25) is 4.79 Å². The van der Waals surface area contributed by atoms with Crippen LogP contribution in [-0.2, 0) is 11.2 Å². The number of furan rings is 1. The molecule has 1 atom stereocenters. The predicted molar refractivity (Wildman–Crippen MR) is 105 cm³/mol. The van der Waals surface area contributed by atoms with E-state index in [1.54, 1.807) is 36.6 Å². The van der Waals surface area contributed by atoms with E-state index in [0.717, 1.165) is 23.7 Å². The molecule has 142 valence electrons. The Morgan fingerprint density at radius 2 is 2.23 bits per heavy atom. The Labute approximate surface area is 158 Å². The van der Waals surface area contributed by atoms with E-state index in [9.17, 15) is 4.79 Å². The summed E-state index contributed by atoms with van der Waals surface area (Å²) in [7, 11) is 5.44. The molecule has 0 aliphatic rings. The lowest BCUT2D eigenvalue weighted by Crippen LogP contribution is -2.42. The second kappa shape index (κ2) is 9.96. The molecule has 0 bridgehead atoms. The first kappa shape index (κ1) is 20.0. The van der Waals surface area contributed by atoms with Crippen molar-refractivity contribution in [3.8, 4) is 0 Å². The number of hydrogen-bond donors (Lipinski definition) is 1. The summed E-state index contributed by atoms with van der Waals surface area (Å²) in [6.07, 6.45) is 4.24. The largest absolute Gasteiger partial charge is 0.469 e. The van der Waals surface area contributed by atoms with Crippen molar-refractivity contribution in [2.24, 2.45) is 4.99 Å². The van der Waals surface area contributed by atoms with Gasteiger partial charge in [0.05, 0.1) is 11.3 Å². The molecule has 7 nitrogen and oxygen atoms in total. The van der Waals surface area contributed by atoms with Crippen LogP contribution in [0.2, 0.25) is 0 Å². The molecule has 0 spiro atoms. The Balaban J connectivity index is 1.97. The molecule has 0 aromatic carbocycles. The number of aromatic nitrogens is 1. The third-order valence-corrected chi connectivity index (χ3v) is 4.89. The second-order valence-corrected chi connectivity index (χ2v) is 7.26. The monoisotopic (exact) mass is 377 g/mol. The van der Waals surface area contributed by atoms with Crippen LogP contribution in [0.3, 0.4) is 0 Å². The number of nitrogens with zero attached hydrogens (tertiary/aromatic N) is 4. The van der Waals surface area contributed by atoms with E-state index in [0.29, 0.717) is 12.5 Å². The van der Waals surface area contributed by atoms with E-state index >= 15 is 0 Å². The van der Waals surface area contributed by atoms with Crippen LogP contribution in [0.5, 0.6) is 0 Å². The molecule has 0 saturated carbocycles. The highest BCUT2D eigenvalue weighted by molar-refractivity contribution is 7.09. The summed E-state index contributed by atoms with van der Waals surface area (Å²) in [5, 5.41) is 6.41. The van der Waals surface area contributed by atoms with Gasteiger partial charge in [-0.2, -0.15) is 0 Å². The zero-order valence-electron chi connectivity index (χ0n) is 15.8. The van der Waals surface area contributed by atoms with E-state index in [1.165, 1.54) is 0 Å². The van der Waals surface area contributed by atoms with Gasteiger partial charge in [-0.1, -0.05) is 6.92 Å². The van der Waals surface area contributed by atoms with Crippen LogP contribution in [0.1, 0.15) is 23.6 Å². The Morgan fingerprint density at radius 3 is 2.85 bits per heavy atom. The Morgan fingerprint density at radius 1 is 1.42 bits per heavy atom. The molecule has 1 unspecified atom stereocenters. The molecule has 26 heavy (non-hydrogen) atoms. The second-order valence-electron chi connectivity index (χ2n) is 6.34. The minimum Gasteiger partial charge on any atom is -0.469 e. The van der Waals surface area contributed by atoms with Gasteiger partial charge in [-0.15, -0.1) is 11.3 Å². The molecule has 1 N–H and O–H groups in total. The SMILES string of the molecule is CC(CN(C)C(=NCC(=O)N(C)C)NCCc1ccco1)c1nccs1. The van der Waals surface area contributed by atoms with E-state index < -0.39 is 0 Å². The van der Waals surface area contributed by atoms with Gasteiger partial charge in [0.2, 0.25) is 5.91 Å². The molecular formula is C18H27N5O2S. The van der Waals surface area contributed by atoms with Gasteiger partial charge >= 0.3 is 0 Å². The van der Waals surface area contributed by atoms with Crippen LogP contribution in [0.15, 0.2) is 39.4 Å². The molecule has 1 amide bonds. The number of rotatable bonds is 8. The molecule has 0 saturated heterocycles. The van der Waals surface area contributed by atoms with Crippen molar-refractivity contribution >= 4 is 23.2 Å². The quantitative estimate of drug-likeness (QED) is 0.563. The third kappa shape index (κ3) is 6.18. The number of carbonyl (C=O) groups excluding carboxylic acids is 1. The lowest BCUT2D eigenvalue weighted by Gasteiger charge is -2.25. The van der Waals surface area contributed by atoms with Gasteiger partial charge in [0, 0.05) is 58.1 Å². The van der Waals surface area contributed by atoms with Crippen molar-refractivity contribution in [1.29, 1.82) is 0 Å². The minimum atomic E-state index is -0.0308. The fraction of sp³-hybridized carbons (Fsp3) is 0.500. The maximum Gasteiger partial charge on any atom is 0.243 e. The van der Waals surface area contributed by atoms with Crippen molar-refractivity contribution in [2.75, 3.05) is 40.8 Å². The average molecular weight is 378 g/mol. The van der Waals surface area contributed by atoms with E-state index in [4.69, 9.17) is 4.42 Å². The fourth-order valence-corrected chi connectivity index (χ4v) is 3.09. The first-order valence-electron chi connectivity index (χ1n) is 8.58. The van der Waals surface area contributed by atoms with Crippen LogP contribution >= 0.6 is 11.3 Å². The summed E-state index contributed by atoms with van der Waals surface area (Å²) in [5.41, 5.74) is 0. The number of nitrogens with one attached hydrogen (secondary N) is 1. The number of likely N-dealkylation sites (N-methyl/N-ethyl adjacent to an activating group) is 2. The normalized spacial score (nSPS) is 12.7. The van der Waals surface area contributed by atoms with Crippen LogP contribution in [0.25, 0.3) is 0 Å². The van der Waals surface area contributed by atoms with Crippen molar-refractivity contribution < 1.29 is 9.21 Å². The van der Waals surface area contributed by atoms with E-state index in [2.05, 4.69) is 22.2 Å². The topological polar surface area (TPSA) is 74.0 Å². The van der Waals surface area contributed by atoms with Crippen LogP contribution in [0, 0.1) is 0 Å². The lowest BCUT2D eigenvalue weighted by molar-refractivity contribution is -0.127. The van der Waals surface area contributed by atoms with Gasteiger partial charge in [0.25, 0.3) is 0 Å². The summed E-state index contributed by atoms with van der Waals surface area (Å²) >= 11 is 1.65. The molecule has 8 heteroatoms. The number of thiazole rings is 1. The van der Waals surface area contributed by atoms with Crippen molar-refractivity contribution in [1.82, 2.24) is 20.1 Å². The van der Waals surface area contributed by atoms with Crippen molar-refractivity contribution in [3.05, 3.63) is 40.7 Å². The smallest absolute Gasteiger partial charge is 0.243 e. The minimum absolute atomic E-state index is 0.0308. The van der Waals surface area contributed by atoms with Crippen molar-refractivity contribution in [3.63, 3.8) is 0 Å². The molecular weight excluding hydrogens is 350 g/mol. The number of guanidine groups is 1. The molecule has 0 fully saturated rings. The predicted octanol–water partition coefficient (Wildman–Crippen LogP) is 2.05. The Kier molecular flexibility index (Phi) is 7.65. The van der Waals surface area contributed by atoms with Crippen LogP contribution in [-0.4, -0.2) is 67.4 Å². The summed E-state index contributed by atoms with van der Waals surface area (Å²) in [6.45, 7) is 3.70. The maximum absolute atomic E-state index is 11.9. The average Bonchev–Trinajstić information content (AvgIpc) is 3.30. The summed E-state index contributed by atoms with van der Waals surface area (Å²) in [6, 6.07) is 3.82. The highest BCUT2D eigenvalue weighted by Gasteiger charge is 2.15. The van der Waals surface area contributed by atoms with E-state index in [-0.39, 0.29) is 18.4 Å². The molecule has 2 aromatic heterocycles. The summed E-state index contributed by atoms with van der Waals surface area (Å²) in [4.78, 5) is 24.3. The molecule has 2 rings (SSSR count). The molecule has 2 aromatic rings. The first-order valence-corrected chi connectivity index (χ1v) is 9.46. The third-order valence-electron chi connectivity index (χ3n) is 3.88. The van der Waals surface area contributed by atoms with Gasteiger partial charge in [0.15, 0.2) is 5.96 Å². The molecule has 0 aliphatic carbocycles.